The average molecular weight is 184 g/mol. The molecule has 4 heteroatoms. The fourth-order valence-corrected chi connectivity index (χ4v) is 1.30. The topological polar surface area (TPSA) is 55.1 Å². The fourth-order valence-electron chi connectivity index (χ4n) is 0.708. The second-order valence-electron chi connectivity index (χ2n) is 2.64. The molecule has 1 rings (SSSR count). The van der Waals surface area contributed by atoms with E-state index in [2.05, 4.69) is 5.32 Å². The number of hydrogen-bond acceptors (Lipinski definition) is 3. The maximum absolute atomic E-state index is 11.3. The van der Waals surface area contributed by atoms with Crippen molar-refractivity contribution >= 4 is 22.9 Å². The number of amides is 1. The van der Waals surface area contributed by atoms with E-state index >= 15 is 0 Å². The van der Waals surface area contributed by atoms with Crippen molar-refractivity contribution in [2.75, 3.05) is 11.9 Å². The van der Waals surface area contributed by atoms with Gasteiger partial charge in [-0.25, -0.2) is 0 Å². The molecular weight excluding hydrogens is 172 g/mol. The maximum atomic E-state index is 11.3. The number of carbonyl (C=O) groups excluding carboxylic acids is 1. The van der Waals surface area contributed by atoms with Gasteiger partial charge >= 0.3 is 0 Å². The first-order chi connectivity index (χ1) is 5.74. The third kappa shape index (κ3) is 2.32. The Kier molecular flexibility index (Phi) is 3.25. The maximum Gasteiger partial charge on any atom is 0.228 e. The normalized spacial score (nSPS) is 12.5. The van der Waals surface area contributed by atoms with Crippen LogP contribution in [0.2, 0.25) is 0 Å². The van der Waals surface area contributed by atoms with Gasteiger partial charge in [-0.2, -0.15) is 11.3 Å². The monoisotopic (exact) mass is 184 g/mol. The summed E-state index contributed by atoms with van der Waals surface area (Å²) in [5.41, 5.74) is 6.20. The quantitative estimate of drug-likeness (QED) is 0.743. The molecule has 3 N–H and O–H groups in total. The van der Waals surface area contributed by atoms with Crippen molar-refractivity contribution in [3.05, 3.63) is 16.8 Å². The van der Waals surface area contributed by atoms with E-state index in [1.54, 1.807) is 11.3 Å². The molecule has 0 saturated carbocycles. The Morgan fingerprint density at radius 1 is 1.83 bits per heavy atom. The van der Waals surface area contributed by atoms with Gasteiger partial charge in [0.25, 0.3) is 0 Å². The van der Waals surface area contributed by atoms with E-state index in [9.17, 15) is 4.79 Å². The number of carbonyl (C=O) groups is 1. The Hall–Kier alpha value is -0.870. The van der Waals surface area contributed by atoms with Crippen molar-refractivity contribution < 1.29 is 4.79 Å². The molecular formula is C8H12N2OS. The van der Waals surface area contributed by atoms with Crippen molar-refractivity contribution in [1.82, 2.24) is 0 Å². The third-order valence-corrected chi connectivity index (χ3v) is 2.27. The molecule has 1 amide bonds. The summed E-state index contributed by atoms with van der Waals surface area (Å²) in [6.07, 6.45) is 0. The van der Waals surface area contributed by atoms with Crippen molar-refractivity contribution in [1.29, 1.82) is 0 Å². The molecule has 0 fully saturated rings. The minimum Gasteiger partial charge on any atom is -0.330 e. The van der Waals surface area contributed by atoms with Gasteiger partial charge in [-0.3, -0.25) is 4.79 Å². The summed E-state index contributed by atoms with van der Waals surface area (Å²) in [6.45, 7) is 2.19. The van der Waals surface area contributed by atoms with Gasteiger partial charge in [0, 0.05) is 17.8 Å². The zero-order valence-electron chi connectivity index (χ0n) is 6.91. The molecule has 0 saturated heterocycles. The van der Waals surface area contributed by atoms with Crippen LogP contribution in [0.5, 0.6) is 0 Å². The van der Waals surface area contributed by atoms with Crippen LogP contribution in [0.25, 0.3) is 0 Å². The van der Waals surface area contributed by atoms with Crippen LogP contribution in [0.3, 0.4) is 0 Å². The van der Waals surface area contributed by atoms with Gasteiger partial charge in [0.2, 0.25) is 5.91 Å². The predicted octanol–water partition coefficient (Wildman–Crippen LogP) is 1.28. The molecule has 1 atom stereocenters. The lowest BCUT2D eigenvalue weighted by Gasteiger charge is -2.07. The number of rotatable bonds is 3. The minimum atomic E-state index is -0.120. The number of nitrogens with two attached hydrogens (primary N) is 1. The van der Waals surface area contributed by atoms with E-state index in [0.717, 1.165) is 5.69 Å². The summed E-state index contributed by atoms with van der Waals surface area (Å²) < 4.78 is 0. The first kappa shape index (κ1) is 9.22. The van der Waals surface area contributed by atoms with Crippen LogP contribution in [0.1, 0.15) is 6.92 Å². The highest BCUT2D eigenvalue weighted by atomic mass is 32.1. The smallest absolute Gasteiger partial charge is 0.228 e. The van der Waals surface area contributed by atoms with Crippen molar-refractivity contribution in [2.24, 2.45) is 11.7 Å². The zero-order valence-corrected chi connectivity index (χ0v) is 7.73. The largest absolute Gasteiger partial charge is 0.330 e. The van der Waals surface area contributed by atoms with Crippen LogP contribution in [0.15, 0.2) is 16.8 Å². The minimum absolute atomic E-state index is 0.0177. The van der Waals surface area contributed by atoms with Crippen molar-refractivity contribution in [3.8, 4) is 0 Å². The molecule has 66 valence electrons. The summed E-state index contributed by atoms with van der Waals surface area (Å²) in [4.78, 5) is 11.3. The van der Waals surface area contributed by atoms with Crippen LogP contribution in [-0.2, 0) is 4.79 Å². The van der Waals surface area contributed by atoms with Gasteiger partial charge in [0.05, 0.1) is 5.69 Å². The Morgan fingerprint density at radius 2 is 2.58 bits per heavy atom. The van der Waals surface area contributed by atoms with Gasteiger partial charge in [-0.05, 0) is 11.4 Å². The summed E-state index contributed by atoms with van der Waals surface area (Å²) in [5.74, 6) is -0.138. The Bertz CT molecular complexity index is 246. The van der Waals surface area contributed by atoms with Crippen LogP contribution in [0.4, 0.5) is 5.69 Å². The highest BCUT2D eigenvalue weighted by Gasteiger charge is 2.10. The van der Waals surface area contributed by atoms with E-state index in [4.69, 9.17) is 5.73 Å². The summed E-state index contributed by atoms with van der Waals surface area (Å²) in [6, 6.07) is 1.87. The molecule has 0 aliphatic rings. The van der Waals surface area contributed by atoms with E-state index in [1.165, 1.54) is 0 Å². The molecule has 0 bridgehead atoms. The van der Waals surface area contributed by atoms with Gasteiger partial charge in [0.15, 0.2) is 0 Å². The Morgan fingerprint density at radius 3 is 3.08 bits per heavy atom. The molecule has 1 aromatic rings. The molecule has 1 heterocycles. The third-order valence-electron chi connectivity index (χ3n) is 1.59. The highest BCUT2D eigenvalue weighted by molar-refractivity contribution is 7.08. The predicted molar refractivity (Wildman–Crippen MR) is 51.2 cm³/mol. The van der Waals surface area contributed by atoms with Crippen molar-refractivity contribution in [2.45, 2.75) is 6.92 Å². The molecule has 0 aliphatic heterocycles. The molecule has 12 heavy (non-hydrogen) atoms. The lowest BCUT2D eigenvalue weighted by Crippen LogP contribution is -2.26. The van der Waals surface area contributed by atoms with Crippen LogP contribution < -0.4 is 11.1 Å². The lowest BCUT2D eigenvalue weighted by atomic mass is 10.2. The number of hydrogen-bond donors (Lipinski definition) is 2. The molecule has 0 aliphatic carbocycles. The molecule has 1 aromatic heterocycles. The summed E-state index contributed by atoms with van der Waals surface area (Å²) in [5, 5.41) is 6.57. The first-order valence-corrected chi connectivity index (χ1v) is 4.71. The van der Waals surface area contributed by atoms with E-state index < -0.39 is 0 Å². The molecule has 1 unspecified atom stereocenters. The first-order valence-electron chi connectivity index (χ1n) is 3.77. The summed E-state index contributed by atoms with van der Waals surface area (Å²) >= 11 is 1.55. The second kappa shape index (κ2) is 4.23. The van der Waals surface area contributed by atoms with Crippen LogP contribution >= 0.6 is 11.3 Å². The lowest BCUT2D eigenvalue weighted by molar-refractivity contribution is -0.119. The fraction of sp³-hybridized carbons (Fsp3) is 0.375. The average Bonchev–Trinajstić information content (AvgIpc) is 2.55. The van der Waals surface area contributed by atoms with E-state index in [-0.39, 0.29) is 11.8 Å². The van der Waals surface area contributed by atoms with Crippen LogP contribution in [-0.4, -0.2) is 12.5 Å². The second-order valence-corrected chi connectivity index (χ2v) is 3.42. The number of thiophene rings is 1. The highest BCUT2D eigenvalue weighted by Crippen LogP contribution is 2.12. The molecule has 0 radical (unpaired) electrons. The van der Waals surface area contributed by atoms with Gasteiger partial charge in [-0.15, -0.1) is 0 Å². The SMILES string of the molecule is CC(CN)C(=O)Nc1ccsc1. The Labute approximate surface area is 75.6 Å². The summed E-state index contributed by atoms with van der Waals surface area (Å²) in [7, 11) is 0. The van der Waals surface area contributed by atoms with E-state index in [1.807, 2.05) is 23.8 Å². The van der Waals surface area contributed by atoms with Crippen LogP contribution in [0, 0.1) is 5.92 Å². The number of nitrogens with one attached hydrogen (secondary N) is 1. The van der Waals surface area contributed by atoms with E-state index in [0.29, 0.717) is 6.54 Å². The van der Waals surface area contributed by atoms with Gasteiger partial charge in [-0.1, -0.05) is 6.92 Å². The van der Waals surface area contributed by atoms with Crippen molar-refractivity contribution in [3.63, 3.8) is 0 Å². The van der Waals surface area contributed by atoms with Gasteiger partial charge < -0.3 is 11.1 Å². The molecule has 3 nitrogen and oxygen atoms in total. The zero-order chi connectivity index (χ0) is 8.97. The standard InChI is InChI=1S/C8H12N2OS/c1-6(4-9)8(11)10-7-2-3-12-5-7/h2-3,5-6H,4,9H2,1H3,(H,10,11). The van der Waals surface area contributed by atoms with Gasteiger partial charge in [0.1, 0.15) is 0 Å². The number of anilines is 1. The molecule has 0 spiro atoms. The Balaban J connectivity index is 2.47. The molecule has 0 aromatic carbocycles.